The molecule has 1 aliphatic rings. The molecule has 3 heterocycles. The lowest BCUT2D eigenvalue weighted by Gasteiger charge is -2.26. The van der Waals surface area contributed by atoms with E-state index in [4.69, 9.17) is 9.73 Å². The van der Waals surface area contributed by atoms with Crippen LogP contribution in [-0.2, 0) is 11.3 Å². The molecule has 1 saturated heterocycles. The Balaban J connectivity index is 1.61. The molecule has 0 radical (unpaired) electrons. The first-order valence-electron chi connectivity index (χ1n) is 9.85. The van der Waals surface area contributed by atoms with Crippen molar-refractivity contribution in [1.29, 1.82) is 0 Å². The number of nitrogens with zero attached hydrogens (tertiary/aromatic N) is 3. The van der Waals surface area contributed by atoms with E-state index in [1.807, 2.05) is 0 Å². The molecule has 0 saturated carbocycles. The predicted molar refractivity (Wildman–Crippen MR) is 119 cm³/mol. The Morgan fingerprint density at radius 1 is 1.07 bits per heavy atom. The second-order valence-corrected chi connectivity index (χ2v) is 9.03. The molecule has 1 aromatic carbocycles. The van der Waals surface area contributed by atoms with Crippen LogP contribution < -0.4 is 4.80 Å². The molecule has 2 aromatic heterocycles. The maximum atomic E-state index is 5.47. The highest BCUT2D eigenvalue weighted by molar-refractivity contribution is 7.14. The lowest BCUT2D eigenvalue weighted by molar-refractivity contribution is 0.0369. The third-order valence-electron chi connectivity index (χ3n) is 5.10. The Bertz CT molecular complexity index is 966. The molecule has 28 heavy (non-hydrogen) atoms. The van der Waals surface area contributed by atoms with Gasteiger partial charge >= 0.3 is 0 Å². The third kappa shape index (κ3) is 4.63. The molecular weight excluding hydrogens is 386 g/mol. The van der Waals surface area contributed by atoms with E-state index in [-0.39, 0.29) is 0 Å². The van der Waals surface area contributed by atoms with Crippen LogP contribution >= 0.6 is 22.7 Å². The van der Waals surface area contributed by atoms with Gasteiger partial charge in [0.2, 0.25) is 0 Å². The first-order valence-corrected chi connectivity index (χ1v) is 11.6. The highest BCUT2D eigenvalue weighted by Crippen LogP contribution is 2.26. The van der Waals surface area contributed by atoms with Crippen molar-refractivity contribution in [3.63, 3.8) is 0 Å². The summed E-state index contributed by atoms with van der Waals surface area (Å²) >= 11 is 3.53. The van der Waals surface area contributed by atoms with Gasteiger partial charge in [0, 0.05) is 31.6 Å². The fourth-order valence-corrected chi connectivity index (χ4v) is 5.33. The van der Waals surface area contributed by atoms with Crippen molar-refractivity contribution in [2.24, 2.45) is 4.99 Å². The molecule has 0 bridgehead atoms. The Kier molecular flexibility index (Phi) is 6.42. The van der Waals surface area contributed by atoms with Gasteiger partial charge in [-0.05, 0) is 43.3 Å². The summed E-state index contributed by atoms with van der Waals surface area (Å²) in [5.74, 6) is 0. The van der Waals surface area contributed by atoms with Gasteiger partial charge in [-0.15, -0.1) is 22.7 Å². The van der Waals surface area contributed by atoms with E-state index in [0.717, 1.165) is 56.3 Å². The number of thiazole rings is 1. The Morgan fingerprint density at radius 2 is 1.93 bits per heavy atom. The maximum Gasteiger partial charge on any atom is 0.190 e. The lowest BCUT2D eigenvalue weighted by Crippen LogP contribution is -2.37. The molecule has 4 rings (SSSR count). The van der Waals surface area contributed by atoms with Gasteiger partial charge in [0.25, 0.3) is 0 Å². The van der Waals surface area contributed by atoms with E-state index in [1.54, 1.807) is 22.7 Å². The van der Waals surface area contributed by atoms with E-state index < -0.39 is 0 Å². The molecule has 1 aliphatic heterocycles. The van der Waals surface area contributed by atoms with Crippen LogP contribution in [0.4, 0.5) is 5.69 Å². The number of thiophene rings is 1. The van der Waals surface area contributed by atoms with Crippen LogP contribution in [0.5, 0.6) is 0 Å². The fourth-order valence-electron chi connectivity index (χ4n) is 3.57. The van der Waals surface area contributed by atoms with Crippen LogP contribution in [0.3, 0.4) is 0 Å². The summed E-state index contributed by atoms with van der Waals surface area (Å²) in [5.41, 5.74) is 4.85. The SMILES string of the molecule is Cc1ccc(N=c2scc(-c3cccs3)n2CCCN2CCOCC2)c(C)c1. The van der Waals surface area contributed by atoms with E-state index in [0.29, 0.717) is 0 Å². The summed E-state index contributed by atoms with van der Waals surface area (Å²) in [6, 6.07) is 10.8. The molecule has 0 amide bonds. The van der Waals surface area contributed by atoms with Crippen LogP contribution in [0.15, 0.2) is 46.1 Å². The number of rotatable bonds is 6. The highest BCUT2D eigenvalue weighted by atomic mass is 32.1. The van der Waals surface area contributed by atoms with Crippen LogP contribution in [0, 0.1) is 13.8 Å². The van der Waals surface area contributed by atoms with Crippen molar-refractivity contribution in [3.8, 4) is 10.6 Å². The molecule has 6 heteroatoms. The number of hydrogen-bond donors (Lipinski definition) is 0. The van der Waals surface area contributed by atoms with Gasteiger partial charge in [0.05, 0.1) is 29.5 Å². The largest absolute Gasteiger partial charge is 0.379 e. The summed E-state index contributed by atoms with van der Waals surface area (Å²) in [5, 5.41) is 4.40. The maximum absolute atomic E-state index is 5.47. The smallest absolute Gasteiger partial charge is 0.190 e. The summed E-state index contributed by atoms with van der Waals surface area (Å²) in [4.78, 5) is 9.92. The molecule has 0 atom stereocenters. The van der Waals surface area contributed by atoms with Crippen LogP contribution in [0.2, 0.25) is 0 Å². The summed E-state index contributed by atoms with van der Waals surface area (Å²) < 4.78 is 7.87. The number of hydrogen-bond acceptors (Lipinski definition) is 5. The third-order valence-corrected chi connectivity index (χ3v) is 6.86. The molecule has 0 spiro atoms. The van der Waals surface area contributed by atoms with Crippen molar-refractivity contribution < 1.29 is 4.74 Å². The molecule has 0 N–H and O–H groups in total. The topological polar surface area (TPSA) is 29.8 Å². The van der Waals surface area contributed by atoms with Gasteiger partial charge in [-0.3, -0.25) is 4.90 Å². The molecule has 0 aliphatic carbocycles. The fraction of sp³-hybridized carbons (Fsp3) is 0.409. The van der Waals surface area contributed by atoms with Crippen molar-refractivity contribution in [2.45, 2.75) is 26.8 Å². The van der Waals surface area contributed by atoms with Crippen LogP contribution in [0.1, 0.15) is 17.5 Å². The molecule has 4 nitrogen and oxygen atoms in total. The first-order chi connectivity index (χ1) is 13.7. The second-order valence-electron chi connectivity index (χ2n) is 7.24. The Labute approximate surface area is 174 Å². The van der Waals surface area contributed by atoms with Gasteiger partial charge in [-0.25, -0.2) is 4.99 Å². The zero-order valence-corrected chi connectivity index (χ0v) is 18.2. The van der Waals surface area contributed by atoms with Crippen LogP contribution in [0.25, 0.3) is 10.6 Å². The monoisotopic (exact) mass is 413 g/mol. The standard InChI is InChI=1S/C22H27N3OS2/c1-17-6-7-19(18(2)15-17)23-22-25(9-4-8-24-10-12-26-13-11-24)20(16-28-22)21-5-3-14-27-21/h3,5-7,14-16H,4,8-13H2,1-2H3. The quantitative estimate of drug-likeness (QED) is 0.578. The Morgan fingerprint density at radius 3 is 2.68 bits per heavy atom. The molecule has 1 fully saturated rings. The predicted octanol–water partition coefficient (Wildman–Crippen LogP) is 4.85. The average Bonchev–Trinajstić information content (AvgIpc) is 3.35. The molecule has 148 valence electrons. The minimum absolute atomic E-state index is 0.860. The van der Waals surface area contributed by atoms with Crippen LogP contribution in [-0.4, -0.2) is 42.3 Å². The van der Waals surface area contributed by atoms with E-state index >= 15 is 0 Å². The van der Waals surface area contributed by atoms with Crippen molar-refractivity contribution >= 4 is 28.4 Å². The first kappa shape index (κ1) is 19.6. The second kappa shape index (κ2) is 9.18. The molecular formula is C22H27N3OS2. The number of ether oxygens (including phenoxy) is 1. The summed E-state index contributed by atoms with van der Waals surface area (Å²) in [6.07, 6.45) is 1.12. The van der Waals surface area contributed by atoms with Crippen molar-refractivity contribution in [1.82, 2.24) is 9.47 Å². The van der Waals surface area contributed by atoms with E-state index in [9.17, 15) is 0 Å². The van der Waals surface area contributed by atoms with Gasteiger partial charge < -0.3 is 9.30 Å². The summed E-state index contributed by atoms with van der Waals surface area (Å²) in [7, 11) is 0. The number of aromatic nitrogens is 1. The van der Waals surface area contributed by atoms with Gasteiger partial charge in [-0.1, -0.05) is 23.8 Å². The average molecular weight is 414 g/mol. The van der Waals surface area contributed by atoms with Gasteiger partial charge in [0.1, 0.15) is 0 Å². The summed E-state index contributed by atoms with van der Waals surface area (Å²) in [6.45, 7) is 10.2. The highest BCUT2D eigenvalue weighted by Gasteiger charge is 2.12. The zero-order chi connectivity index (χ0) is 19.3. The molecule has 0 unspecified atom stereocenters. The number of morpholine rings is 1. The van der Waals surface area contributed by atoms with Crippen molar-refractivity contribution in [2.75, 3.05) is 32.8 Å². The zero-order valence-electron chi connectivity index (χ0n) is 16.6. The van der Waals surface area contributed by atoms with E-state index in [1.165, 1.54) is 21.7 Å². The number of benzene rings is 1. The lowest BCUT2D eigenvalue weighted by atomic mass is 10.1. The van der Waals surface area contributed by atoms with E-state index in [2.05, 4.69) is 64.4 Å². The number of aryl methyl sites for hydroxylation is 2. The van der Waals surface area contributed by atoms with Gasteiger partial charge in [0.15, 0.2) is 4.80 Å². The molecule has 3 aromatic rings. The minimum Gasteiger partial charge on any atom is -0.379 e. The Hall–Kier alpha value is -1.73. The minimum atomic E-state index is 0.860. The van der Waals surface area contributed by atoms with Gasteiger partial charge in [-0.2, -0.15) is 0 Å². The van der Waals surface area contributed by atoms with Crippen molar-refractivity contribution in [3.05, 3.63) is 57.0 Å². The normalized spacial score (nSPS) is 16.0.